The van der Waals surface area contributed by atoms with Gasteiger partial charge in [-0.1, -0.05) is 12.1 Å². The third-order valence-corrected chi connectivity index (χ3v) is 3.55. The molecule has 0 aliphatic heterocycles. The molecule has 19 heavy (non-hydrogen) atoms. The quantitative estimate of drug-likeness (QED) is 0.786. The maximum absolute atomic E-state index is 13.3. The lowest BCUT2D eigenvalue weighted by molar-refractivity contribution is -0.146. The summed E-state index contributed by atoms with van der Waals surface area (Å²) in [6, 6.07) is 6.19. The number of benzene rings is 1. The zero-order valence-corrected chi connectivity index (χ0v) is 11.6. The molecule has 1 aromatic carbocycles. The number of carbonyl (C=O) groups is 2. The van der Waals surface area contributed by atoms with E-state index in [1.807, 2.05) is 0 Å². The van der Waals surface area contributed by atoms with Crippen LogP contribution in [0.5, 0.6) is 0 Å². The summed E-state index contributed by atoms with van der Waals surface area (Å²) in [6.45, 7) is 3.10. The van der Waals surface area contributed by atoms with Crippen LogP contribution >= 0.6 is 11.8 Å². The molecule has 0 spiro atoms. The molecule has 0 unspecified atom stereocenters. The minimum absolute atomic E-state index is 0.0407. The van der Waals surface area contributed by atoms with Crippen molar-refractivity contribution in [3.63, 3.8) is 0 Å². The first-order valence-corrected chi connectivity index (χ1v) is 6.69. The number of amides is 1. The van der Waals surface area contributed by atoms with E-state index in [2.05, 4.69) is 5.32 Å². The van der Waals surface area contributed by atoms with Gasteiger partial charge in [-0.25, -0.2) is 4.39 Å². The Morgan fingerprint density at radius 1 is 1.37 bits per heavy atom. The molecule has 6 heteroatoms. The molecule has 0 radical (unpaired) electrons. The molecular formula is C13H16FNO3S. The summed E-state index contributed by atoms with van der Waals surface area (Å²) < 4.78 is 13.3. The zero-order chi connectivity index (χ0) is 14.5. The van der Waals surface area contributed by atoms with Crippen LogP contribution in [0.2, 0.25) is 0 Å². The lowest BCUT2D eigenvalue weighted by atomic mass is 9.94. The molecule has 0 fully saturated rings. The van der Waals surface area contributed by atoms with Gasteiger partial charge in [0.1, 0.15) is 5.82 Å². The van der Waals surface area contributed by atoms with Crippen molar-refractivity contribution < 1.29 is 19.1 Å². The third kappa shape index (κ3) is 4.90. The zero-order valence-electron chi connectivity index (χ0n) is 10.8. The van der Waals surface area contributed by atoms with Gasteiger partial charge in [0.05, 0.1) is 11.2 Å². The third-order valence-electron chi connectivity index (χ3n) is 2.50. The summed E-state index contributed by atoms with van der Waals surface area (Å²) in [4.78, 5) is 22.8. The second-order valence-electron chi connectivity index (χ2n) is 4.68. The fourth-order valence-corrected chi connectivity index (χ4v) is 1.92. The highest BCUT2D eigenvalue weighted by Crippen LogP contribution is 2.21. The second-order valence-corrected chi connectivity index (χ2v) is 5.70. The minimum Gasteiger partial charge on any atom is -0.481 e. The van der Waals surface area contributed by atoms with Crippen LogP contribution < -0.4 is 5.32 Å². The first-order chi connectivity index (χ1) is 8.83. The Kier molecular flexibility index (Phi) is 5.35. The SMILES string of the molecule is CC(C)(CNC(=O)CSc1ccccc1F)C(=O)O. The van der Waals surface area contributed by atoms with Gasteiger partial charge < -0.3 is 10.4 Å². The van der Waals surface area contributed by atoms with E-state index in [1.165, 1.54) is 19.9 Å². The summed E-state index contributed by atoms with van der Waals surface area (Å²) >= 11 is 1.08. The van der Waals surface area contributed by atoms with Crippen LogP contribution in [0.1, 0.15) is 13.8 Å². The molecule has 1 aromatic rings. The summed E-state index contributed by atoms with van der Waals surface area (Å²) in [5.74, 6) is -1.61. The number of hydrogen-bond acceptors (Lipinski definition) is 3. The molecule has 1 rings (SSSR count). The molecule has 0 saturated carbocycles. The van der Waals surface area contributed by atoms with E-state index in [1.54, 1.807) is 18.2 Å². The number of nitrogens with one attached hydrogen (secondary N) is 1. The number of aliphatic carboxylic acids is 1. The predicted octanol–water partition coefficient (Wildman–Crippen LogP) is 2.14. The maximum Gasteiger partial charge on any atom is 0.310 e. The van der Waals surface area contributed by atoms with Gasteiger partial charge in [-0.2, -0.15) is 0 Å². The molecular weight excluding hydrogens is 269 g/mol. The van der Waals surface area contributed by atoms with E-state index < -0.39 is 11.4 Å². The number of rotatable bonds is 6. The molecule has 4 nitrogen and oxygen atoms in total. The van der Waals surface area contributed by atoms with Crippen LogP contribution in [0.4, 0.5) is 4.39 Å². The predicted molar refractivity (Wildman–Crippen MR) is 71.6 cm³/mol. The van der Waals surface area contributed by atoms with Gasteiger partial charge in [0.2, 0.25) is 5.91 Å². The van der Waals surface area contributed by atoms with Crippen LogP contribution in [0, 0.1) is 11.2 Å². The first-order valence-electron chi connectivity index (χ1n) is 5.70. The van der Waals surface area contributed by atoms with E-state index in [0.717, 1.165) is 11.8 Å². The highest BCUT2D eigenvalue weighted by molar-refractivity contribution is 8.00. The molecule has 104 valence electrons. The molecule has 0 heterocycles. The number of carbonyl (C=O) groups excluding carboxylic acids is 1. The highest BCUT2D eigenvalue weighted by atomic mass is 32.2. The first kappa shape index (κ1) is 15.5. The van der Waals surface area contributed by atoms with Crippen molar-refractivity contribution in [2.75, 3.05) is 12.3 Å². The smallest absolute Gasteiger partial charge is 0.310 e. The molecule has 0 aliphatic carbocycles. The van der Waals surface area contributed by atoms with Gasteiger partial charge in [-0.15, -0.1) is 11.8 Å². The fraction of sp³-hybridized carbons (Fsp3) is 0.385. The maximum atomic E-state index is 13.3. The highest BCUT2D eigenvalue weighted by Gasteiger charge is 2.27. The number of thioether (sulfide) groups is 1. The van der Waals surface area contributed by atoms with Gasteiger partial charge >= 0.3 is 5.97 Å². The van der Waals surface area contributed by atoms with Crippen molar-refractivity contribution in [2.24, 2.45) is 5.41 Å². The largest absolute Gasteiger partial charge is 0.481 e. The lowest BCUT2D eigenvalue weighted by Crippen LogP contribution is -2.39. The topological polar surface area (TPSA) is 66.4 Å². The van der Waals surface area contributed by atoms with Crippen molar-refractivity contribution in [3.05, 3.63) is 30.1 Å². The number of carboxylic acid groups (broad SMARTS) is 1. The summed E-state index contributed by atoms with van der Waals surface area (Å²) in [6.07, 6.45) is 0. The molecule has 0 aliphatic rings. The molecule has 0 saturated heterocycles. The Bertz CT molecular complexity index is 477. The van der Waals surface area contributed by atoms with Crippen LogP contribution in [-0.2, 0) is 9.59 Å². The summed E-state index contributed by atoms with van der Waals surface area (Å²) in [7, 11) is 0. The van der Waals surface area contributed by atoms with Crippen molar-refractivity contribution in [1.29, 1.82) is 0 Å². The van der Waals surface area contributed by atoms with Crippen LogP contribution in [0.25, 0.3) is 0 Å². The van der Waals surface area contributed by atoms with Gasteiger partial charge in [-0.3, -0.25) is 9.59 Å². The Hall–Kier alpha value is -1.56. The van der Waals surface area contributed by atoms with E-state index in [4.69, 9.17) is 5.11 Å². The van der Waals surface area contributed by atoms with E-state index in [9.17, 15) is 14.0 Å². The standard InChI is InChI=1S/C13H16FNO3S/c1-13(2,12(17)18)8-15-11(16)7-19-10-6-4-3-5-9(10)14/h3-6H,7-8H2,1-2H3,(H,15,16)(H,17,18). The Morgan fingerprint density at radius 2 is 2.00 bits per heavy atom. The van der Waals surface area contributed by atoms with E-state index in [-0.39, 0.29) is 24.0 Å². The van der Waals surface area contributed by atoms with Crippen molar-refractivity contribution in [3.8, 4) is 0 Å². The van der Waals surface area contributed by atoms with Crippen LogP contribution in [-0.4, -0.2) is 29.3 Å². The van der Waals surface area contributed by atoms with Gasteiger partial charge in [0.25, 0.3) is 0 Å². The molecule has 0 bridgehead atoms. The van der Waals surface area contributed by atoms with Crippen molar-refractivity contribution in [1.82, 2.24) is 5.32 Å². The Morgan fingerprint density at radius 3 is 2.58 bits per heavy atom. The Balaban J connectivity index is 2.41. The van der Waals surface area contributed by atoms with Gasteiger partial charge in [-0.05, 0) is 26.0 Å². The van der Waals surface area contributed by atoms with Crippen molar-refractivity contribution in [2.45, 2.75) is 18.7 Å². The monoisotopic (exact) mass is 285 g/mol. The van der Waals surface area contributed by atoms with E-state index >= 15 is 0 Å². The normalized spacial score (nSPS) is 11.1. The Labute approximate surface area is 115 Å². The lowest BCUT2D eigenvalue weighted by Gasteiger charge is -2.19. The van der Waals surface area contributed by atoms with Gasteiger partial charge in [0.15, 0.2) is 0 Å². The van der Waals surface area contributed by atoms with Crippen LogP contribution in [0.3, 0.4) is 0 Å². The van der Waals surface area contributed by atoms with Gasteiger partial charge in [0, 0.05) is 11.4 Å². The molecule has 0 aromatic heterocycles. The molecule has 0 atom stereocenters. The van der Waals surface area contributed by atoms with Crippen LogP contribution in [0.15, 0.2) is 29.2 Å². The second kappa shape index (κ2) is 6.56. The van der Waals surface area contributed by atoms with Crippen molar-refractivity contribution >= 4 is 23.6 Å². The fourth-order valence-electron chi connectivity index (χ4n) is 1.15. The number of carboxylic acids is 1. The average Bonchev–Trinajstić information content (AvgIpc) is 2.35. The number of halogens is 1. The number of hydrogen-bond donors (Lipinski definition) is 2. The minimum atomic E-state index is -1.02. The average molecular weight is 285 g/mol. The molecule has 1 amide bonds. The van der Waals surface area contributed by atoms with E-state index in [0.29, 0.717) is 4.90 Å². The summed E-state index contributed by atoms with van der Waals surface area (Å²) in [5, 5.41) is 11.4. The molecule has 2 N–H and O–H groups in total. The summed E-state index contributed by atoms with van der Waals surface area (Å²) in [5.41, 5.74) is -1.02.